The van der Waals surface area contributed by atoms with Crippen LogP contribution in [0, 0.1) is 5.92 Å². The Bertz CT molecular complexity index is 772. The number of nitrogen functional groups attached to an aromatic ring is 1. The Hall–Kier alpha value is -1.76. The van der Waals surface area contributed by atoms with Gasteiger partial charge in [0.05, 0.1) is 5.56 Å². The molecular weight excluding hydrogens is 391 g/mol. The fourth-order valence-corrected chi connectivity index (χ4v) is 5.49. The number of fused-ring (bicyclic) bond motifs is 1. The second-order valence-electron chi connectivity index (χ2n) is 9.18. The van der Waals surface area contributed by atoms with Gasteiger partial charge in [0.15, 0.2) is 0 Å². The number of alkyl halides is 3. The van der Waals surface area contributed by atoms with E-state index in [0.717, 1.165) is 44.0 Å². The number of carbonyl (C=O) groups excluding carboxylic acids is 1. The van der Waals surface area contributed by atoms with Crippen molar-refractivity contribution in [3.8, 4) is 0 Å². The first-order valence-electron chi connectivity index (χ1n) is 11.3. The molecule has 2 atom stereocenters. The van der Waals surface area contributed by atoms with Gasteiger partial charge < -0.3 is 15.5 Å². The Kier molecular flexibility index (Phi) is 6.28. The first-order valence-corrected chi connectivity index (χ1v) is 11.3. The Morgan fingerprint density at radius 3 is 2.40 bits per heavy atom. The number of halogens is 3. The number of likely N-dealkylation sites (tertiary alicyclic amines) is 1. The van der Waals surface area contributed by atoms with Crippen LogP contribution in [0.25, 0.3) is 0 Å². The van der Waals surface area contributed by atoms with Crippen LogP contribution in [0.3, 0.4) is 0 Å². The van der Waals surface area contributed by atoms with Crippen molar-refractivity contribution in [3.63, 3.8) is 0 Å². The molecule has 2 fully saturated rings. The summed E-state index contributed by atoms with van der Waals surface area (Å²) in [5.41, 5.74) is 6.66. The number of anilines is 1. The minimum absolute atomic E-state index is 0.00913. The summed E-state index contributed by atoms with van der Waals surface area (Å²) < 4.78 is 39.5. The maximum atomic E-state index is 13.2. The van der Waals surface area contributed by atoms with Gasteiger partial charge in [-0.1, -0.05) is 19.3 Å². The number of hydrogen-bond acceptors (Lipinski definition) is 3. The molecule has 2 unspecified atom stereocenters. The lowest BCUT2D eigenvalue weighted by atomic mass is 9.94. The molecule has 2 aliphatic heterocycles. The maximum absolute atomic E-state index is 13.2. The Morgan fingerprint density at radius 1 is 1.00 bits per heavy atom. The summed E-state index contributed by atoms with van der Waals surface area (Å²) in [7, 11) is 0. The molecule has 0 spiro atoms. The van der Waals surface area contributed by atoms with Crippen LogP contribution in [0.2, 0.25) is 0 Å². The molecule has 1 amide bonds. The van der Waals surface area contributed by atoms with Crippen LogP contribution in [0.4, 0.5) is 18.9 Å². The lowest BCUT2D eigenvalue weighted by Gasteiger charge is -2.33. The van der Waals surface area contributed by atoms with E-state index in [1.165, 1.54) is 38.2 Å². The Balaban J connectivity index is 1.41. The average molecular weight is 424 g/mol. The maximum Gasteiger partial charge on any atom is 0.416 e. The highest BCUT2D eigenvalue weighted by atomic mass is 19.4. The van der Waals surface area contributed by atoms with Crippen LogP contribution in [-0.4, -0.2) is 41.4 Å². The lowest BCUT2D eigenvalue weighted by molar-refractivity contribution is -0.137. The minimum Gasteiger partial charge on any atom is -0.398 e. The number of benzene rings is 1. The van der Waals surface area contributed by atoms with Crippen LogP contribution >= 0.6 is 0 Å². The number of hydrogen-bond donors (Lipinski definition) is 1. The molecule has 2 heterocycles. The summed E-state index contributed by atoms with van der Waals surface area (Å²) >= 11 is 0. The summed E-state index contributed by atoms with van der Waals surface area (Å²) in [6.45, 7) is 3.02. The van der Waals surface area contributed by atoms with Gasteiger partial charge in [0.2, 0.25) is 5.91 Å². The zero-order valence-corrected chi connectivity index (χ0v) is 17.5. The highest BCUT2D eigenvalue weighted by Crippen LogP contribution is 2.37. The molecule has 1 aromatic rings. The SMILES string of the molecule is Nc1cc(C(F)(F)F)cc2c1CCN(C(=O)C1CCC(N3CCCCCCC3)C1)C2. The van der Waals surface area contributed by atoms with Crippen LogP contribution in [0.1, 0.15) is 68.1 Å². The molecule has 1 saturated heterocycles. The number of nitrogens with zero attached hydrogens (tertiary/aromatic N) is 2. The highest BCUT2D eigenvalue weighted by Gasteiger charge is 2.37. The van der Waals surface area contributed by atoms with Crippen molar-refractivity contribution in [2.45, 2.75) is 76.6 Å². The van der Waals surface area contributed by atoms with Gasteiger partial charge in [0.25, 0.3) is 0 Å². The summed E-state index contributed by atoms with van der Waals surface area (Å²) in [4.78, 5) is 17.5. The summed E-state index contributed by atoms with van der Waals surface area (Å²) in [6, 6.07) is 2.66. The van der Waals surface area contributed by atoms with Gasteiger partial charge in [0, 0.05) is 30.7 Å². The van der Waals surface area contributed by atoms with E-state index >= 15 is 0 Å². The molecule has 30 heavy (non-hydrogen) atoms. The van der Waals surface area contributed by atoms with E-state index in [9.17, 15) is 18.0 Å². The van der Waals surface area contributed by atoms with Crippen LogP contribution < -0.4 is 5.73 Å². The van der Waals surface area contributed by atoms with Gasteiger partial charge in [-0.05, 0) is 74.9 Å². The molecule has 3 aliphatic rings. The van der Waals surface area contributed by atoms with Gasteiger partial charge in [-0.25, -0.2) is 0 Å². The third-order valence-corrected chi connectivity index (χ3v) is 7.17. The van der Waals surface area contributed by atoms with Gasteiger partial charge in [-0.2, -0.15) is 13.2 Å². The molecule has 2 N–H and O–H groups in total. The van der Waals surface area contributed by atoms with Crippen molar-refractivity contribution in [2.24, 2.45) is 5.92 Å². The molecule has 1 aromatic carbocycles. The van der Waals surface area contributed by atoms with E-state index < -0.39 is 11.7 Å². The first kappa shape index (κ1) is 21.5. The zero-order valence-electron chi connectivity index (χ0n) is 17.5. The second kappa shape index (κ2) is 8.77. The smallest absolute Gasteiger partial charge is 0.398 e. The van der Waals surface area contributed by atoms with Gasteiger partial charge in [-0.15, -0.1) is 0 Å². The fraction of sp³-hybridized carbons (Fsp3) is 0.696. The molecule has 4 nitrogen and oxygen atoms in total. The lowest BCUT2D eigenvalue weighted by Crippen LogP contribution is -2.41. The Labute approximate surface area is 176 Å². The second-order valence-corrected chi connectivity index (χ2v) is 9.18. The van der Waals surface area contributed by atoms with E-state index in [0.29, 0.717) is 24.6 Å². The van der Waals surface area contributed by atoms with E-state index in [4.69, 9.17) is 5.73 Å². The molecule has 1 aliphatic carbocycles. The molecule has 4 rings (SSSR count). The molecule has 0 bridgehead atoms. The third kappa shape index (κ3) is 4.61. The predicted octanol–water partition coefficient (Wildman–Crippen LogP) is 4.61. The molecule has 1 saturated carbocycles. The average Bonchev–Trinajstić information content (AvgIpc) is 3.16. The van der Waals surface area contributed by atoms with Crippen molar-refractivity contribution in [3.05, 3.63) is 28.8 Å². The largest absolute Gasteiger partial charge is 0.416 e. The number of amides is 1. The van der Waals surface area contributed by atoms with E-state index in [-0.39, 0.29) is 24.1 Å². The fourth-order valence-electron chi connectivity index (χ4n) is 5.49. The molecule has 166 valence electrons. The van der Waals surface area contributed by atoms with Gasteiger partial charge >= 0.3 is 6.18 Å². The topological polar surface area (TPSA) is 49.6 Å². The molecule has 7 heteroatoms. The molecular formula is C23H32F3N3O. The first-order chi connectivity index (χ1) is 14.3. The predicted molar refractivity (Wildman–Crippen MR) is 111 cm³/mol. The van der Waals surface area contributed by atoms with Crippen LogP contribution in [-0.2, 0) is 23.9 Å². The van der Waals surface area contributed by atoms with Crippen molar-refractivity contribution in [1.82, 2.24) is 9.80 Å². The monoisotopic (exact) mass is 423 g/mol. The van der Waals surface area contributed by atoms with Crippen LogP contribution in [0.5, 0.6) is 0 Å². The van der Waals surface area contributed by atoms with Crippen molar-refractivity contribution >= 4 is 11.6 Å². The molecule has 0 aromatic heterocycles. The van der Waals surface area contributed by atoms with E-state index in [1.807, 2.05) is 0 Å². The van der Waals surface area contributed by atoms with Crippen LogP contribution in [0.15, 0.2) is 12.1 Å². The van der Waals surface area contributed by atoms with Crippen molar-refractivity contribution < 1.29 is 18.0 Å². The quantitative estimate of drug-likeness (QED) is 0.707. The summed E-state index contributed by atoms with van der Waals surface area (Å²) in [6.07, 6.45) is 5.29. The van der Waals surface area contributed by atoms with E-state index in [1.54, 1.807) is 4.90 Å². The summed E-state index contributed by atoms with van der Waals surface area (Å²) in [5.74, 6) is 0.0938. The standard InChI is InChI=1S/C23H32F3N3O/c24-23(25,26)18-12-17-15-29(11-8-20(17)21(27)14-18)22(30)16-6-7-19(13-16)28-9-4-2-1-3-5-10-28/h12,14,16,19H,1-11,13,15,27H2. The number of rotatable bonds is 2. The summed E-state index contributed by atoms with van der Waals surface area (Å²) in [5, 5.41) is 0. The van der Waals surface area contributed by atoms with Crippen molar-refractivity contribution in [1.29, 1.82) is 0 Å². The van der Waals surface area contributed by atoms with Gasteiger partial charge in [-0.3, -0.25) is 4.79 Å². The Morgan fingerprint density at radius 2 is 1.70 bits per heavy atom. The number of carbonyl (C=O) groups is 1. The normalized spacial score (nSPS) is 26.2. The van der Waals surface area contributed by atoms with E-state index in [2.05, 4.69) is 4.90 Å². The number of nitrogens with two attached hydrogens (primary N) is 1. The zero-order chi connectivity index (χ0) is 21.3. The minimum atomic E-state index is -4.43. The third-order valence-electron chi connectivity index (χ3n) is 7.17. The highest BCUT2D eigenvalue weighted by molar-refractivity contribution is 5.79. The molecule has 0 radical (unpaired) electrons. The van der Waals surface area contributed by atoms with Gasteiger partial charge in [0.1, 0.15) is 0 Å². The van der Waals surface area contributed by atoms with Crippen molar-refractivity contribution in [2.75, 3.05) is 25.4 Å².